The molecule has 0 aliphatic carbocycles. The summed E-state index contributed by atoms with van der Waals surface area (Å²) in [6.07, 6.45) is 3.51. The number of pyridine rings is 1. The molecule has 0 aliphatic heterocycles. The predicted octanol–water partition coefficient (Wildman–Crippen LogP) is 0.835. The Morgan fingerprint density at radius 2 is 2.33 bits per heavy atom. The van der Waals surface area contributed by atoms with Crippen molar-refractivity contribution < 1.29 is 4.79 Å². The van der Waals surface area contributed by atoms with Crippen LogP contribution in [0.4, 0.5) is 5.69 Å². The molecule has 2 heterocycles. The van der Waals surface area contributed by atoms with Gasteiger partial charge in [0.15, 0.2) is 0 Å². The van der Waals surface area contributed by atoms with Gasteiger partial charge in [-0.25, -0.2) is 0 Å². The van der Waals surface area contributed by atoms with Crippen LogP contribution in [-0.2, 0) is 13.6 Å². The smallest absolute Gasteiger partial charge is 0.267 e. The van der Waals surface area contributed by atoms with Crippen molar-refractivity contribution in [2.24, 2.45) is 12.8 Å². The highest BCUT2D eigenvalue weighted by Gasteiger charge is 2.05. The van der Waals surface area contributed by atoms with Crippen LogP contribution in [0.2, 0.25) is 0 Å². The molecule has 1 amide bonds. The van der Waals surface area contributed by atoms with Gasteiger partial charge in [-0.3, -0.25) is 14.5 Å². The number of anilines is 1. The second kappa shape index (κ2) is 4.87. The van der Waals surface area contributed by atoms with Gasteiger partial charge in [0.25, 0.3) is 5.91 Å². The summed E-state index contributed by atoms with van der Waals surface area (Å²) in [6.45, 7) is 2.60. The molecule has 2 rings (SSSR count). The Labute approximate surface area is 105 Å². The number of rotatable bonds is 4. The molecule has 2 aromatic rings. The third-order valence-corrected chi connectivity index (χ3v) is 2.61. The van der Waals surface area contributed by atoms with Crippen LogP contribution in [0, 0.1) is 6.92 Å². The maximum atomic E-state index is 11.0. The van der Waals surface area contributed by atoms with Gasteiger partial charge >= 0.3 is 0 Å². The summed E-state index contributed by atoms with van der Waals surface area (Å²) in [5.41, 5.74) is 8.32. The van der Waals surface area contributed by atoms with Crippen molar-refractivity contribution in [2.75, 3.05) is 5.32 Å². The highest BCUT2D eigenvalue weighted by molar-refractivity contribution is 5.91. The lowest BCUT2D eigenvalue weighted by atomic mass is 10.2. The molecule has 0 aliphatic rings. The van der Waals surface area contributed by atoms with E-state index in [0.29, 0.717) is 6.54 Å². The van der Waals surface area contributed by atoms with E-state index in [0.717, 1.165) is 16.9 Å². The number of carbonyl (C=O) groups is 1. The number of nitrogens with zero attached hydrogens (tertiary/aromatic N) is 3. The Bertz CT molecular complexity index is 576. The highest BCUT2D eigenvalue weighted by Crippen LogP contribution is 2.11. The van der Waals surface area contributed by atoms with Crippen LogP contribution >= 0.6 is 0 Å². The Kier molecular flexibility index (Phi) is 3.27. The zero-order chi connectivity index (χ0) is 13.1. The van der Waals surface area contributed by atoms with Crippen LogP contribution < -0.4 is 11.1 Å². The van der Waals surface area contributed by atoms with Crippen molar-refractivity contribution in [1.82, 2.24) is 14.8 Å². The molecule has 0 saturated heterocycles. The van der Waals surface area contributed by atoms with Crippen molar-refractivity contribution in [2.45, 2.75) is 13.5 Å². The van der Waals surface area contributed by atoms with Gasteiger partial charge in [-0.05, 0) is 19.1 Å². The average molecular weight is 245 g/mol. The van der Waals surface area contributed by atoms with Gasteiger partial charge in [0.2, 0.25) is 0 Å². The first-order valence-electron chi connectivity index (χ1n) is 5.55. The molecule has 3 N–H and O–H groups in total. The standard InChI is InChI=1S/C12H15N5O/c1-8-9(7-17(2)16-8)6-15-10-3-4-14-11(5-10)12(13)18/h3-5,7H,6H2,1-2H3,(H2,13,18)(H,14,15). The fraction of sp³-hybridized carbons (Fsp3) is 0.250. The lowest BCUT2D eigenvalue weighted by Gasteiger charge is -2.06. The van der Waals surface area contributed by atoms with Crippen molar-refractivity contribution in [3.63, 3.8) is 0 Å². The third kappa shape index (κ3) is 2.65. The molecule has 0 atom stereocenters. The molecule has 0 radical (unpaired) electrons. The van der Waals surface area contributed by atoms with Crippen molar-refractivity contribution in [3.05, 3.63) is 41.5 Å². The summed E-state index contributed by atoms with van der Waals surface area (Å²) in [4.78, 5) is 14.9. The van der Waals surface area contributed by atoms with Gasteiger partial charge < -0.3 is 11.1 Å². The molecule has 0 spiro atoms. The Balaban J connectivity index is 2.08. The molecule has 18 heavy (non-hydrogen) atoms. The zero-order valence-corrected chi connectivity index (χ0v) is 10.3. The van der Waals surface area contributed by atoms with Crippen molar-refractivity contribution in [1.29, 1.82) is 0 Å². The summed E-state index contributed by atoms with van der Waals surface area (Å²) in [5.74, 6) is -0.531. The molecule has 0 fully saturated rings. The number of carbonyl (C=O) groups excluding carboxylic acids is 1. The van der Waals surface area contributed by atoms with E-state index in [9.17, 15) is 4.79 Å². The molecular formula is C12H15N5O. The van der Waals surface area contributed by atoms with E-state index in [1.54, 1.807) is 23.0 Å². The van der Waals surface area contributed by atoms with Crippen LogP contribution in [0.25, 0.3) is 0 Å². The van der Waals surface area contributed by atoms with Gasteiger partial charge in [0, 0.05) is 37.2 Å². The summed E-state index contributed by atoms with van der Waals surface area (Å²) >= 11 is 0. The molecule has 0 unspecified atom stereocenters. The molecule has 2 aromatic heterocycles. The van der Waals surface area contributed by atoms with Crippen LogP contribution in [0.15, 0.2) is 24.5 Å². The zero-order valence-electron chi connectivity index (χ0n) is 10.3. The number of hydrogen-bond donors (Lipinski definition) is 2. The molecule has 6 nitrogen and oxygen atoms in total. The minimum Gasteiger partial charge on any atom is -0.381 e. The number of amides is 1. The van der Waals surface area contributed by atoms with Gasteiger partial charge in [-0.1, -0.05) is 0 Å². The van der Waals surface area contributed by atoms with E-state index in [1.807, 2.05) is 20.2 Å². The van der Waals surface area contributed by atoms with Crippen molar-refractivity contribution in [3.8, 4) is 0 Å². The van der Waals surface area contributed by atoms with Gasteiger partial charge in [-0.2, -0.15) is 5.10 Å². The van der Waals surface area contributed by atoms with E-state index in [2.05, 4.69) is 15.4 Å². The predicted molar refractivity (Wildman–Crippen MR) is 68.0 cm³/mol. The summed E-state index contributed by atoms with van der Waals surface area (Å²) in [6, 6.07) is 3.42. The SMILES string of the molecule is Cc1nn(C)cc1CNc1ccnc(C(N)=O)c1. The van der Waals surface area contributed by atoms with E-state index >= 15 is 0 Å². The highest BCUT2D eigenvalue weighted by atomic mass is 16.1. The van der Waals surface area contributed by atoms with E-state index in [4.69, 9.17) is 5.73 Å². The second-order valence-corrected chi connectivity index (χ2v) is 4.06. The second-order valence-electron chi connectivity index (χ2n) is 4.06. The maximum Gasteiger partial charge on any atom is 0.267 e. The lowest BCUT2D eigenvalue weighted by Crippen LogP contribution is -2.13. The van der Waals surface area contributed by atoms with Crippen LogP contribution in [0.1, 0.15) is 21.7 Å². The Hall–Kier alpha value is -2.37. The first-order chi connectivity index (χ1) is 8.56. The van der Waals surface area contributed by atoms with E-state index in [1.165, 1.54) is 0 Å². The molecule has 0 saturated carbocycles. The fourth-order valence-electron chi connectivity index (χ4n) is 1.69. The number of primary amides is 1. The average Bonchev–Trinajstić information content (AvgIpc) is 2.65. The van der Waals surface area contributed by atoms with E-state index < -0.39 is 5.91 Å². The first-order valence-corrected chi connectivity index (χ1v) is 5.55. The van der Waals surface area contributed by atoms with Crippen LogP contribution in [-0.4, -0.2) is 20.7 Å². The lowest BCUT2D eigenvalue weighted by molar-refractivity contribution is 0.0995. The molecular weight excluding hydrogens is 230 g/mol. The number of aromatic nitrogens is 3. The van der Waals surface area contributed by atoms with Gasteiger partial charge in [0.1, 0.15) is 5.69 Å². The van der Waals surface area contributed by atoms with Crippen LogP contribution in [0.3, 0.4) is 0 Å². The van der Waals surface area contributed by atoms with Gasteiger partial charge in [0.05, 0.1) is 5.69 Å². The summed E-state index contributed by atoms with van der Waals surface area (Å²) in [7, 11) is 1.88. The fourth-order valence-corrected chi connectivity index (χ4v) is 1.69. The van der Waals surface area contributed by atoms with Gasteiger partial charge in [-0.15, -0.1) is 0 Å². The number of hydrogen-bond acceptors (Lipinski definition) is 4. The summed E-state index contributed by atoms with van der Waals surface area (Å²) < 4.78 is 1.77. The third-order valence-electron chi connectivity index (χ3n) is 2.61. The first kappa shape index (κ1) is 12.1. The quantitative estimate of drug-likeness (QED) is 0.835. The number of aryl methyl sites for hydroxylation is 2. The molecule has 94 valence electrons. The number of nitrogens with one attached hydrogen (secondary N) is 1. The number of nitrogens with two attached hydrogens (primary N) is 1. The summed E-state index contributed by atoms with van der Waals surface area (Å²) in [5, 5.41) is 7.47. The van der Waals surface area contributed by atoms with E-state index in [-0.39, 0.29) is 5.69 Å². The normalized spacial score (nSPS) is 10.3. The minimum atomic E-state index is -0.531. The molecule has 0 aromatic carbocycles. The molecule has 6 heteroatoms. The Morgan fingerprint density at radius 3 is 2.94 bits per heavy atom. The van der Waals surface area contributed by atoms with Crippen molar-refractivity contribution >= 4 is 11.6 Å². The Morgan fingerprint density at radius 1 is 1.56 bits per heavy atom. The molecule has 0 bridgehead atoms. The largest absolute Gasteiger partial charge is 0.381 e. The van der Waals surface area contributed by atoms with Crippen LogP contribution in [0.5, 0.6) is 0 Å². The monoisotopic (exact) mass is 245 g/mol. The maximum absolute atomic E-state index is 11.0. The minimum absolute atomic E-state index is 0.253. The topological polar surface area (TPSA) is 85.8 Å².